The minimum Gasteiger partial charge on any atom is -0.356 e. The maximum Gasteiger partial charge on any atom is 0.271 e. The van der Waals surface area contributed by atoms with Crippen molar-refractivity contribution in [3.63, 3.8) is 0 Å². The van der Waals surface area contributed by atoms with Gasteiger partial charge < -0.3 is 25.8 Å². The lowest BCUT2D eigenvalue weighted by Gasteiger charge is -2.37. The molecule has 3 amide bonds. The monoisotopic (exact) mass is 780 g/mol. The van der Waals surface area contributed by atoms with Crippen LogP contribution < -0.4 is 15.8 Å². The minimum absolute atomic E-state index is 0.000400. The number of aryl methyl sites for hydroxylation is 1. The molecule has 2 heterocycles. The predicted octanol–water partition coefficient (Wildman–Crippen LogP) is 6.62. The number of nitrogens with zero attached hydrogens (tertiary/aromatic N) is 3. The summed E-state index contributed by atoms with van der Waals surface area (Å²) in [5, 5.41) is 5.01. The van der Waals surface area contributed by atoms with Crippen LogP contribution in [0.2, 0.25) is 0 Å². The molecule has 0 saturated carbocycles. The predicted molar refractivity (Wildman–Crippen MR) is 222 cm³/mol. The summed E-state index contributed by atoms with van der Waals surface area (Å²) in [6.45, 7) is 11.9. The summed E-state index contributed by atoms with van der Waals surface area (Å²) in [6, 6.07) is 22.7. The van der Waals surface area contributed by atoms with E-state index in [0.29, 0.717) is 37.3 Å². The topological polar surface area (TPSA) is 145 Å². The van der Waals surface area contributed by atoms with Crippen LogP contribution in [0.4, 0.5) is 0 Å². The third-order valence-corrected chi connectivity index (χ3v) is 11.8. The number of unbranched alkanes of at least 4 members (excludes halogenated alkanes) is 2. The maximum absolute atomic E-state index is 14.7. The molecule has 6 rings (SSSR count). The first-order chi connectivity index (χ1) is 26.9. The van der Waals surface area contributed by atoms with E-state index in [0.717, 1.165) is 53.1 Å². The Kier molecular flexibility index (Phi) is 14.0. The van der Waals surface area contributed by atoms with Gasteiger partial charge in [0, 0.05) is 62.2 Å². The Hall–Kier alpha value is -5.20. The number of hydrogen-bond donors (Lipinski definition) is 3. The van der Waals surface area contributed by atoms with E-state index < -0.39 is 22.1 Å². The van der Waals surface area contributed by atoms with Crippen molar-refractivity contribution in [2.24, 2.45) is 5.73 Å². The molecule has 0 fully saturated rings. The van der Waals surface area contributed by atoms with Crippen molar-refractivity contribution >= 4 is 38.5 Å². The highest BCUT2D eigenvalue weighted by molar-refractivity contribution is 7.90. The van der Waals surface area contributed by atoms with Crippen LogP contribution >= 0.6 is 0 Å². The molecule has 2 aliphatic heterocycles. The largest absolute Gasteiger partial charge is 0.356 e. The molecular weight excluding hydrogens is 725 g/mol. The molecule has 4 N–H and O–H groups in total. The van der Waals surface area contributed by atoms with Crippen LogP contribution in [0, 0.1) is 6.92 Å². The van der Waals surface area contributed by atoms with Gasteiger partial charge in [0.15, 0.2) is 0 Å². The second-order valence-corrected chi connectivity index (χ2v) is 15.9. The number of hydrogen-bond acceptors (Lipinski definition) is 8. The van der Waals surface area contributed by atoms with Crippen LogP contribution in [0.25, 0.3) is 10.8 Å². The standard InChI is InChI=1S/C42H50N6O5S.C2H6/c1-5-7-20-47(21-8-6-2)42(51)38-27-46(4)39(44-38)35-19-17-31(23-37(35)41(50)48-26-32-14-10-9-13-30(32)22-33(48)25-43)40(49)45-54(52,53)34-18-16-29-15-11-12-28(3)36(29)24-34;1-2/h9-19,23-24,27,33,39,44H,5-8,20-22,25-26,43H2,1-4H3,(H,45,49);1-2H3/t33-,39?;/m0./s1. The van der Waals surface area contributed by atoms with E-state index in [9.17, 15) is 22.8 Å². The van der Waals surface area contributed by atoms with Gasteiger partial charge in [-0.15, -0.1) is 0 Å². The lowest BCUT2D eigenvalue weighted by atomic mass is 9.92. The van der Waals surface area contributed by atoms with E-state index in [1.807, 2.05) is 80.1 Å². The van der Waals surface area contributed by atoms with Crippen LogP contribution in [0.15, 0.2) is 95.7 Å². The van der Waals surface area contributed by atoms with Crippen molar-refractivity contribution in [3.8, 4) is 0 Å². The number of nitrogens with two attached hydrogens (primary N) is 1. The summed E-state index contributed by atoms with van der Waals surface area (Å²) < 4.78 is 29.3. The van der Waals surface area contributed by atoms with Crippen molar-refractivity contribution in [1.82, 2.24) is 24.7 Å². The summed E-state index contributed by atoms with van der Waals surface area (Å²) in [7, 11) is -2.45. The molecule has 0 radical (unpaired) electrons. The number of carbonyl (C=O) groups excluding carboxylic acids is 3. The molecule has 2 atom stereocenters. The third-order valence-electron chi connectivity index (χ3n) is 10.5. The molecule has 0 aromatic heterocycles. The Balaban J connectivity index is 0.00000295. The van der Waals surface area contributed by atoms with Gasteiger partial charge in [0.05, 0.1) is 4.90 Å². The van der Waals surface area contributed by atoms with Crippen molar-refractivity contribution < 1.29 is 22.8 Å². The van der Waals surface area contributed by atoms with E-state index in [1.54, 1.807) is 29.3 Å². The number of nitrogens with one attached hydrogen (secondary N) is 2. The zero-order valence-corrected chi connectivity index (χ0v) is 34.3. The van der Waals surface area contributed by atoms with E-state index in [2.05, 4.69) is 23.9 Å². The molecule has 0 bridgehead atoms. The number of fused-ring (bicyclic) bond motifs is 2. The average molecular weight is 781 g/mol. The molecular formula is C44H56N6O5S. The summed E-state index contributed by atoms with van der Waals surface area (Å²) in [6.07, 6.45) is 5.42. The fourth-order valence-corrected chi connectivity index (χ4v) is 8.29. The first-order valence-corrected chi connectivity index (χ1v) is 21.2. The Labute approximate surface area is 332 Å². The van der Waals surface area contributed by atoms with Crippen molar-refractivity contribution in [3.05, 3.63) is 124 Å². The van der Waals surface area contributed by atoms with Gasteiger partial charge in [-0.3, -0.25) is 14.4 Å². The van der Waals surface area contributed by atoms with Gasteiger partial charge in [0.1, 0.15) is 11.9 Å². The second kappa shape index (κ2) is 18.6. The average Bonchev–Trinajstić information content (AvgIpc) is 3.61. The fraction of sp³-hybridized carbons (Fsp3) is 0.386. The summed E-state index contributed by atoms with van der Waals surface area (Å²) in [5.41, 5.74) is 10.4. The van der Waals surface area contributed by atoms with E-state index in [1.165, 1.54) is 18.2 Å². The third kappa shape index (κ3) is 9.08. The molecule has 0 spiro atoms. The zero-order chi connectivity index (χ0) is 40.6. The first-order valence-electron chi connectivity index (χ1n) is 19.7. The summed E-state index contributed by atoms with van der Waals surface area (Å²) in [5.74, 6) is -1.33. The maximum atomic E-state index is 14.7. The Morgan fingerprint density at radius 2 is 1.61 bits per heavy atom. The van der Waals surface area contributed by atoms with Crippen molar-refractivity contribution in [2.45, 2.75) is 90.4 Å². The number of carbonyl (C=O) groups is 3. The van der Waals surface area contributed by atoms with Crippen molar-refractivity contribution in [2.75, 3.05) is 26.7 Å². The van der Waals surface area contributed by atoms with Gasteiger partial charge in [-0.25, -0.2) is 13.1 Å². The molecule has 298 valence electrons. The molecule has 11 nitrogen and oxygen atoms in total. The minimum atomic E-state index is -4.27. The molecule has 2 aliphatic rings. The molecule has 1 unspecified atom stereocenters. The SMILES string of the molecule is CC.CCCCN(CCCC)C(=O)C1=CN(C)C(c2ccc(C(=O)NS(=O)(=O)c3ccc4cccc(C)c4c3)cc2C(=O)N2Cc3ccccc3C[C@H]2CN)N1. The Bertz CT molecular complexity index is 2200. The fourth-order valence-electron chi connectivity index (χ4n) is 7.29. The van der Waals surface area contributed by atoms with Crippen LogP contribution in [0.1, 0.15) is 103 Å². The molecule has 56 heavy (non-hydrogen) atoms. The van der Waals surface area contributed by atoms with Crippen molar-refractivity contribution in [1.29, 1.82) is 0 Å². The lowest BCUT2D eigenvalue weighted by molar-refractivity contribution is -0.127. The highest BCUT2D eigenvalue weighted by atomic mass is 32.2. The number of benzene rings is 4. The molecule has 4 aromatic rings. The number of rotatable bonds is 13. The Morgan fingerprint density at radius 1 is 0.911 bits per heavy atom. The highest BCUT2D eigenvalue weighted by Gasteiger charge is 2.36. The van der Waals surface area contributed by atoms with Crippen LogP contribution in [0.3, 0.4) is 0 Å². The molecule has 12 heteroatoms. The van der Waals surface area contributed by atoms with Gasteiger partial charge in [-0.05, 0) is 77.9 Å². The van der Waals surface area contributed by atoms with E-state index in [-0.39, 0.29) is 40.4 Å². The van der Waals surface area contributed by atoms with Gasteiger partial charge in [0.25, 0.3) is 27.7 Å². The Morgan fingerprint density at radius 3 is 2.29 bits per heavy atom. The van der Waals surface area contributed by atoms with Crippen LogP contribution in [-0.2, 0) is 27.8 Å². The van der Waals surface area contributed by atoms with Gasteiger partial charge in [0.2, 0.25) is 0 Å². The summed E-state index contributed by atoms with van der Waals surface area (Å²) in [4.78, 5) is 47.7. The first kappa shape index (κ1) is 42.0. The summed E-state index contributed by atoms with van der Waals surface area (Å²) >= 11 is 0. The smallest absolute Gasteiger partial charge is 0.271 e. The highest BCUT2D eigenvalue weighted by Crippen LogP contribution is 2.32. The van der Waals surface area contributed by atoms with Gasteiger partial charge in [-0.2, -0.15) is 0 Å². The van der Waals surface area contributed by atoms with Gasteiger partial charge in [-0.1, -0.05) is 95.1 Å². The van der Waals surface area contributed by atoms with E-state index in [4.69, 9.17) is 5.73 Å². The second-order valence-electron chi connectivity index (χ2n) is 14.2. The molecule has 0 saturated heterocycles. The lowest BCUT2D eigenvalue weighted by Crippen LogP contribution is -2.48. The quantitative estimate of drug-likeness (QED) is 0.137. The van der Waals surface area contributed by atoms with Crippen LogP contribution in [0.5, 0.6) is 0 Å². The van der Waals surface area contributed by atoms with E-state index >= 15 is 0 Å². The molecule has 0 aliphatic carbocycles. The molecule has 4 aromatic carbocycles. The van der Waals surface area contributed by atoms with Gasteiger partial charge >= 0.3 is 0 Å². The number of sulfonamides is 1. The zero-order valence-electron chi connectivity index (χ0n) is 33.5. The number of amides is 3. The normalized spacial score (nSPS) is 16.3. The van der Waals surface area contributed by atoms with Crippen LogP contribution in [-0.4, -0.2) is 73.6 Å².